The van der Waals surface area contributed by atoms with E-state index in [-0.39, 0.29) is 37.6 Å². The van der Waals surface area contributed by atoms with E-state index in [1.54, 1.807) is 9.80 Å². The highest BCUT2D eigenvalue weighted by molar-refractivity contribution is 6.00. The van der Waals surface area contributed by atoms with Gasteiger partial charge >= 0.3 is 0 Å². The number of alkyl halides is 2. The summed E-state index contributed by atoms with van der Waals surface area (Å²) in [5.41, 5.74) is 2.06. The smallest absolute Gasteiger partial charge is 0.262 e. The Labute approximate surface area is 156 Å². The summed E-state index contributed by atoms with van der Waals surface area (Å²) in [4.78, 5) is 16.3. The zero-order valence-electron chi connectivity index (χ0n) is 15.1. The molecule has 1 amide bonds. The molecule has 27 heavy (non-hydrogen) atoms. The molecule has 4 rings (SSSR count). The molecule has 2 aliphatic heterocycles. The average molecular weight is 376 g/mol. The molecule has 1 N–H and O–H groups in total. The van der Waals surface area contributed by atoms with Crippen LogP contribution < -0.4 is 0 Å². The third-order valence-electron chi connectivity index (χ3n) is 5.33. The molecule has 1 aromatic heterocycles. The van der Waals surface area contributed by atoms with Gasteiger partial charge in [0.15, 0.2) is 0 Å². The van der Waals surface area contributed by atoms with Gasteiger partial charge in [-0.2, -0.15) is 5.10 Å². The number of carbonyl (C=O) groups is 1. The summed E-state index contributed by atoms with van der Waals surface area (Å²) in [6.07, 6.45) is 1.33. The molecule has 144 valence electrons. The first-order valence-corrected chi connectivity index (χ1v) is 8.99. The molecule has 1 atom stereocenters. The molecule has 0 spiro atoms. The molecule has 2 aliphatic rings. The van der Waals surface area contributed by atoms with E-state index < -0.39 is 5.92 Å². The molecule has 6 nitrogen and oxygen atoms in total. The zero-order valence-corrected chi connectivity index (χ0v) is 15.1. The Balaban J connectivity index is 1.43. The molecule has 8 heteroatoms. The van der Waals surface area contributed by atoms with Crippen LogP contribution in [0.25, 0.3) is 11.3 Å². The van der Waals surface area contributed by atoms with E-state index >= 15 is 0 Å². The van der Waals surface area contributed by atoms with Crippen molar-refractivity contribution in [1.29, 1.82) is 0 Å². The highest BCUT2D eigenvalue weighted by Gasteiger charge is 2.50. The van der Waals surface area contributed by atoms with Gasteiger partial charge in [0, 0.05) is 44.3 Å². The number of rotatable bonds is 5. The van der Waals surface area contributed by atoms with Crippen molar-refractivity contribution in [3.63, 3.8) is 0 Å². The number of aromatic amines is 1. The lowest BCUT2D eigenvalue weighted by molar-refractivity contribution is -0.0136. The number of likely N-dealkylation sites (tertiary alicyclic amines) is 2. The fourth-order valence-electron chi connectivity index (χ4n) is 3.97. The molecule has 0 saturated carbocycles. The monoisotopic (exact) mass is 376 g/mol. The predicted octanol–water partition coefficient (Wildman–Crippen LogP) is 2.26. The lowest BCUT2D eigenvalue weighted by Crippen LogP contribution is -2.62. The van der Waals surface area contributed by atoms with Crippen molar-refractivity contribution in [3.8, 4) is 11.3 Å². The largest absolute Gasteiger partial charge is 0.383 e. The number of hydrogen-bond donors (Lipinski definition) is 1. The van der Waals surface area contributed by atoms with Gasteiger partial charge in [0.2, 0.25) is 0 Å². The summed E-state index contributed by atoms with van der Waals surface area (Å²) in [6.45, 7) is 0.887. The first kappa shape index (κ1) is 18.1. The normalized spacial score (nSPS) is 22.8. The maximum Gasteiger partial charge on any atom is 0.262 e. The third-order valence-corrected chi connectivity index (χ3v) is 5.33. The van der Waals surface area contributed by atoms with Crippen LogP contribution in [0.5, 0.6) is 0 Å². The van der Waals surface area contributed by atoms with Gasteiger partial charge < -0.3 is 9.64 Å². The Morgan fingerprint density at radius 3 is 2.78 bits per heavy atom. The topological polar surface area (TPSA) is 61.5 Å². The van der Waals surface area contributed by atoms with Crippen LogP contribution in [0.4, 0.5) is 8.78 Å². The van der Waals surface area contributed by atoms with Crippen molar-refractivity contribution in [2.75, 3.05) is 33.4 Å². The van der Waals surface area contributed by atoms with Crippen molar-refractivity contribution in [2.45, 2.75) is 24.4 Å². The Kier molecular flexibility index (Phi) is 4.69. The number of nitrogens with zero attached hydrogens (tertiary/aromatic N) is 3. The second kappa shape index (κ2) is 7.01. The Hall–Kier alpha value is -2.32. The van der Waals surface area contributed by atoms with Crippen LogP contribution in [0, 0.1) is 0 Å². The summed E-state index contributed by atoms with van der Waals surface area (Å²) in [7, 11) is 1.52. The lowest BCUT2D eigenvalue weighted by Gasteiger charge is -2.45. The number of amides is 1. The quantitative estimate of drug-likeness (QED) is 0.870. The van der Waals surface area contributed by atoms with Crippen LogP contribution in [0.3, 0.4) is 0 Å². The number of ether oxygens (including phenoxy) is 1. The van der Waals surface area contributed by atoms with Gasteiger partial charge in [-0.25, -0.2) is 8.78 Å². The van der Waals surface area contributed by atoms with E-state index in [0.717, 1.165) is 5.56 Å². The summed E-state index contributed by atoms with van der Waals surface area (Å²) >= 11 is 0. The lowest BCUT2D eigenvalue weighted by atomic mass is 10.0. The van der Waals surface area contributed by atoms with Crippen molar-refractivity contribution in [1.82, 2.24) is 20.0 Å². The van der Waals surface area contributed by atoms with E-state index in [1.165, 1.54) is 13.3 Å². The second-order valence-electron chi connectivity index (χ2n) is 7.23. The maximum atomic E-state index is 13.8. The van der Waals surface area contributed by atoms with Crippen LogP contribution >= 0.6 is 0 Å². The summed E-state index contributed by atoms with van der Waals surface area (Å²) < 4.78 is 32.7. The minimum absolute atomic E-state index is 0.0606. The number of H-pyrrole nitrogens is 1. The molecular weight excluding hydrogens is 354 g/mol. The SMILES string of the molecule is COC[C@@H]1CC(F)(F)CN1C1CN(C(=O)c2cn[nH]c2-c2ccccc2)C1. The minimum atomic E-state index is -2.70. The maximum absolute atomic E-state index is 13.8. The summed E-state index contributed by atoms with van der Waals surface area (Å²) in [5, 5.41) is 6.90. The number of aromatic nitrogens is 2. The number of halogens is 2. The van der Waals surface area contributed by atoms with E-state index in [0.29, 0.717) is 24.3 Å². The highest BCUT2D eigenvalue weighted by atomic mass is 19.3. The number of carbonyl (C=O) groups excluding carboxylic acids is 1. The summed E-state index contributed by atoms with van der Waals surface area (Å²) in [6, 6.07) is 9.15. The number of benzene rings is 1. The molecule has 2 fully saturated rings. The van der Waals surface area contributed by atoms with E-state index in [4.69, 9.17) is 4.74 Å². The number of methoxy groups -OCH3 is 1. The summed E-state index contributed by atoms with van der Waals surface area (Å²) in [5.74, 6) is -2.83. The molecule has 0 aliphatic carbocycles. The Morgan fingerprint density at radius 2 is 2.07 bits per heavy atom. The van der Waals surface area contributed by atoms with E-state index in [1.807, 2.05) is 30.3 Å². The number of nitrogens with one attached hydrogen (secondary N) is 1. The van der Waals surface area contributed by atoms with Gasteiger partial charge in [-0.3, -0.25) is 14.8 Å². The van der Waals surface area contributed by atoms with Crippen LogP contribution in [-0.4, -0.2) is 77.3 Å². The van der Waals surface area contributed by atoms with Crippen molar-refractivity contribution >= 4 is 5.91 Å². The molecular formula is C19H22F2N4O2. The molecule has 2 saturated heterocycles. The standard InChI is InChI=1S/C19H22F2N4O2/c1-27-11-14-7-19(20,21)12-25(14)15-9-24(10-15)18(26)16-8-22-23-17(16)13-5-3-2-4-6-13/h2-6,8,14-15H,7,9-12H2,1H3,(H,22,23)/t14-/m0/s1. The molecule has 0 bridgehead atoms. The molecule has 3 heterocycles. The first-order valence-electron chi connectivity index (χ1n) is 8.99. The number of hydrogen-bond acceptors (Lipinski definition) is 4. The zero-order chi connectivity index (χ0) is 19.0. The van der Waals surface area contributed by atoms with Gasteiger partial charge in [0.05, 0.1) is 30.6 Å². The molecule has 2 aromatic rings. The Bertz CT molecular complexity index is 805. The van der Waals surface area contributed by atoms with Crippen molar-refractivity contribution in [2.24, 2.45) is 0 Å². The van der Waals surface area contributed by atoms with Gasteiger partial charge in [-0.1, -0.05) is 30.3 Å². The average Bonchev–Trinajstić information content (AvgIpc) is 3.19. The third kappa shape index (κ3) is 3.46. The van der Waals surface area contributed by atoms with Gasteiger partial charge in [-0.15, -0.1) is 0 Å². The van der Waals surface area contributed by atoms with Crippen LogP contribution in [0.1, 0.15) is 16.8 Å². The molecule has 0 radical (unpaired) electrons. The molecule has 0 unspecified atom stereocenters. The van der Waals surface area contributed by atoms with Crippen LogP contribution in [0.15, 0.2) is 36.5 Å². The first-order chi connectivity index (χ1) is 13.0. The van der Waals surface area contributed by atoms with Crippen molar-refractivity contribution < 1.29 is 18.3 Å². The van der Waals surface area contributed by atoms with Crippen LogP contribution in [-0.2, 0) is 4.74 Å². The fraction of sp³-hybridized carbons (Fsp3) is 0.474. The fourth-order valence-corrected chi connectivity index (χ4v) is 3.97. The van der Waals surface area contributed by atoms with Gasteiger partial charge in [0.25, 0.3) is 11.8 Å². The van der Waals surface area contributed by atoms with Crippen molar-refractivity contribution in [3.05, 3.63) is 42.1 Å². The van der Waals surface area contributed by atoms with Gasteiger partial charge in [0.1, 0.15) is 0 Å². The van der Waals surface area contributed by atoms with Crippen LogP contribution in [0.2, 0.25) is 0 Å². The van der Waals surface area contributed by atoms with E-state index in [2.05, 4.69) is 10.2 Å². The van der Waals surface area contributed by atoms with E-state index in [9.17, 15) is 13.6 Å². The molecule has 1 aromatic carbocycles. The highest BCUT2D eigenvalue weighted by Crippen LogP contribution is 2.36. The minimum Gasteiger partial charge on any atom is -0.383 e. The second-order valence-corrected chi connectivity index (χ2v) is 7.23. The van der Waals surface area contributed by atoms with Gasteiger partial charge in [-0.05, 0) is 0 Å². The predicted molar refractivity (Wildman–Crippen MR) is 95.6 cm³/mol. The Morgan fingerprint density at radius 1 is 1.33 bits per heavy atom.